The lowest BCUT2D eigenvalue weighted by atomic mass is 9.79. The van der Waals surface area contributed by atoms with Crippen molar-refractivity contribution in [2.75, 3.05) is 157 Å². The van der Waals surface area contributed by atoms with E-state index in [2.05, 4.69) is 63.2 Å². The molecule has 308 valence electrons. The summed E-state index contributed by atoms with van der Waals surface area (Å²) in [6.07, 6.45) is 9.51. The summed E-state index contributed by atoms with van der Waals surface area (Å²) in [5.41, 5.74) is 36.7. The third kappa shape index (κ3) is 24.5. The number of nitrogens with two attached hydrogens (primary N) is 6. The molecular weight excluding hydrogens is 639 g/mol. The molecule has 0 radical (unpaired) electrons. The predicted molar refractivity (Wildman–Crippen MR) is 223 cm³/mol. The Morgan fingerprint density at radius 3 is 1.24 bits per heavy atom. The molecule has 0 aromatic rings. The van der Waals surface area contributed by atoms with Gasteiger partial charge in [0.05, 0.1) is 0 Å². The quantitative estimate of drug-likeness (QED) is 0.0378. The second-order valence-corrected chi connectivity index (χ2v) is 15.0. The zero-order valence-corrected chi connectivity index (χ0v) is 34.4. The Hall–Kier alpha value is -0.520. The van der Waals surface area contributed by atoms with Crippen LogP contribution in [0.1, 0.15) is 79.1 Å². The molecule has 0 heterocycles. The Bertz CT molecular complexity index is 718. The first-order valence-electron chi connectivity index (χ1n) is 21.0. The van der Waals surface area contributed by atoms with Crippen LogP contribution in [0.4, 0.5) is 0 Å². The summed E-state index contributed by atoms with van der Waals surface area (Å²) in [7, 11) is 0. The average Bonchev–Trinajstić information content (AvgIpc) is 3.15. The molecule has 15 N–H and O–H groups in total. The summed E-state index contributed by atoms with van der Waals surface area (Å²) in [5.74, 6) is 0. The summed E-state index contributed by atoms with van der Waals surface area (Å²) in [5, 5.41) is 11.0. The van der Waals surface area contributed by atoms with Crippen LogP contribution in [0.3, 0.4) is 0 Å². The molecule has 0 saturated heterocycles. The summed E-state index contributed by atoms with van der Waals surface area (Å²) < 4.78 is 0. The fourth-order valence-corrected chi connectivity index (χ4v) is 7.01. The summed E-state index contributed by atoms with van der Waals surface area (Å²) in [6.45, 7) is 30.6. The highest BCUT2D eigenvalue weighted by Gasteiger charge is 2.28. The number of hydrogen-bond acceptors (Lipinski definition) is 13. The van der Waals surface area contributed by atoms with Crippen molar-refractivity contribution in [3.63, 3.8) is 0 Å². The van der Waals surface area contributed by atoms with Crippen LogP contribution in [-0.4, -0.2) is 177 Å². The highest BCUT2D eigenvalue weighted by molar-refractivity contribution is 4.84. The van der Waals surface area contributed by atoms with Crippen LogP contribution in [0.15, 0.2) is 0 Å². The topological polar surface area (TPSA) is 205 Å². The first-order valence-corrected chi connectivity index (χ1v) is 21.0. The number of nitrogens with one attached hydrogen (secondary N) is 3. The maximum atomic E-state index is 6.35. The lowest BCUT2D eigenvalue weighted by Crippen LogP contribution is -2.47. The van der Waals surface area contributed by atoms with Gasteiger partial charge in [-0.25, -0.2) is 0 Å². The highest BCUT2D eigenvalue weighted by atomic mass is 15.2. The highest BCUT2D eigenvalue weighted by Crippen LogP contribution is 2.29. The van der Waals surface area contributed by atoms with Crippen LogP contribution in [0, 0.1) is 10.8 Å². The van der Waals surface area contributed by atoms with E-state index in [-0.39, 0.29) is 10.8 Å². The molecule has 0 aromatic heterocycles. The van der Waals surface area contributed by atoms with Gasteiger partial charge in [-0.3, -0.25) is 14.7 Å². The van der Waals surface area contributed by atoms with Gasteiger partial charge in [-0.2, -0.15) is 0 Å². The van der Waals surface area contributed by atoms with E-state index in [0.29, 0.717) is 26.2 Å². The molecule has 0 aliphatic rings. The molecule has 0 aliphatic carbocycles. The third-order valence-corrected chi connectivity index (χ3v) is 11.1. The van der Waals surface area contributed by atoms with Crippen molar-refractivity contribution in [2.45, 2.75) is 79.1 Å². The molecule has 0 spiro atoms. The van der Waals surface area contributed by atoms with Crippen LogP contribution in [-0.2, 0) is 0 Å². The van der Waals surface area contributed by atoms with Crippen molar-refractivity contribution in [2.24, 2.45) is 45.2 Å². The molecule has 0 saturated carbocycles. The van der Waals surface area contributed by atoms with Gasteiger partial charge >= 0.3 is 0 Å². The van der Waals surface area contributed by atoms with Crippen molar-refractivity contribution < 1.29 is 0 Å². The molecular formula is C38H91N13. The van der Waals surface area contributed by atoms with Gasteiger partial charge in [0.2, 0.25) is 0 Å². The minimum absolute atomic E-state index is 0.185. The fraction of sp³-hybridized carbons (Fsp3) is 1.00. The van der Waals surface area contributed by atoms with Crippen molar-refractivity contribution >= 4 is 0 Å². The van der Waals surface area contributed by atoms with Crippen molar-refractivity contribution in [1.29, 1.82) is 0 Å². The molecule has 0 bridgehead atoms. The Labute approximate surface area is 316 Å². The van der Waals surface area contributed by atoms with Crippen molar-refractivity contribution in [3.05, 3.63) is 0 Å². The Kier molecular flexibility index (Phi) is 33.7. The Morgan fingerprint density at radius 1 is 0.412 bits per heavy atom. The standard InChI is InChI=1S/C38H91N13/c1-5-9-11-37(7-3,33-43)35-47-21-27-50(31-29-48(22-14-40)23-15-41)32-30-49(25-18-45-17-13-39)26-19-46-20-28-51(24-16-42)36-38(8-4,34-44)12-10-6-2/h45-47H,5-36,39-44H2,1-4H3. The molecule has 0 amide bonds. The van der Waals surface area contributed by atoms with E-state index in [9.17, 15) is 0 Å². The summed E-state index contributed by atoms with van der Waals surface area (Å²) in [4.78, 5) is 10.1. The summed E-state index contributed by atoms with van der Waals surface area (Å²) >= 11 is 0. The number of hydrogen-bond donors (Lipinski definition) is 9. The van der Waals surface area contributed by atoms with Gasteiger partial charge in [0.1, 0.15) is 0 Å². The zero-order valence-electron chi connectivity index (χ0n) is 34.4. The first-order chi connectivity index (χ1) is 24.8. The van der Waals surface area contributed by atoms with E-state index in [1.54, 1.807) is 0 Å². The lowest BCUT2D eigenvalue weighted by molar-refractivity contribution is 0.138. The maximum absolute atomic E-state index is 6.35. The second-order valence-electron chi connectivity index (χ2n) is 15.0. The third-order valence-electron chi connectivity index (χ3n) is 11.1. The van der Waals surface area contributed by atoms with Crippen LogP contribution >= 0.6 is 0 Å². The monoisotopic (exact) mass is 730 g/mol. The zero-order chi connectivity index (χ0) is 38.1. The summed E-state index contributed by atoms with van der Waals surface area (Å²) in [6, 6.07) is 0. The molecule has 0 fully saturated rings. The smallest absolute Gasteiger partial charge is 0.0110 e. The van der Waals surface area contributed by atoms with Crippen LogP contribution in [0.5, 0.6) is 0 Å². The normalized spacial score (nSPS) is 14.7. The SMILES string of the molecule is CCCCC(CC)(CN)CNCCN(CCN(CCN)CCN)CCN(CCNCCN)CCNCCN(CCN)CC(CC)(CN)CCCC. The molecule has 13 heteroatoms. The molecule has 0 rings (SSSR count). The minimum Gasteiger partial charge on any atom is -0.330 e. The molecule has 51 heavy (non-hydrogen) atoms. The first kappa shape index (κ1) is 50.5. The van der Waals surface area contributed by atoms with E-state index in [1.165, 1.54) is 38.5 Å². The number of unbranched alkanes of at least 4 members (excludes halogenated alkanes) is 2. The lowest BCUT2D eigenvalue weighted by Gasteiger charge is -2.37. The van der Waals surface area contributed by atoms with Gasteiger partial charge in [0, 0.05) is 144 Å². The number of rotatable bonds is 40. The maximum Gasteiger partial charge on any atom is 0.0110 e. The van der Waals surface area contributed by atoms with Crippen molar-refractivity contribution in [1.82, 2.24) is 35.6 Å². The molecule has 2 unspecified atom stereocenters. The fourth-order valence-electron chi connectivity index (χ4n) is 7.01. The van der Waals surface area contributed by atoms with Crippen LogP contribution < -0.4 is 50.4 Å². The van der Waals surface area contributed by atoms with E-state index < -0.39 is 0 Å². The van der Waals surface area contributed by atoms with Gasteiger partial charge in [0.15, 0.2) is 0 Å². The van der Waals surface area contributed by atoms with E-state index in [0.717, 1.165) is 144 Å². The molecule has 0 aromatic carbocycles. The molecule has 13 nitrogen and oxygen atoms in total. The molecule has 0 aliphatic heterocycles. The van der Waals surface area contributed by atoms with Gasteiger partial charge in [-0.1, -0.05) is 53.4 Å². The van der Waals surface area contributed by atoms with Gasteiger partial charge in [-0.05, 0) is 49.6 Å². The van der Waals surface area contributed by atoms with E-state index >= 15 is 0 Å². The van der Waals surface area contributed by atoms with Crippen molar-refractivity contribution in [3.8, 4) is 0 Å². The van der Waals surface area contributed by atoms with Crippen LogP contribution in [0.2, 0.25) is 0 Å². The van der Waals surface area contributed by atoms with Gasteiger partial charge < -0.3 is 55.3 Å². The largest absolute Gasteiger partial charge is 0.330 e. The minimum atomic E-state index is 0.185. The average molecular weight is 730 g/mol. The number of nitrogens with zero attached hydrogens (tertiary/aromatic N) is 4. The Balaban J connectivity index is 5.35. The molecule has 2 atom stereocenters. The van der Waals surface area contributed by atoms with Gasteiger partial charge in [0.25, 0.3) is 0 Å². The van der Waals surface area contributed by atoms with E-state index in [1.807, 2.05) is 0 Å². The van der Waals surface area contributed by atoms with E-state index in [4.69, 9.17) is 34.4 Å². The second kappa shape index (κ2) is 34.0. The predicted octanol–water partition coefficient (Wildman–Crippen LogP) is -0.111. The Morgan fingerprint density at radius 2 is 0.804 bits per heavy atom. The van der Waals surface area contributed by atoms with Crippen LogP contribution in [0.25, 0.3) is 0 Å². The van der Waals surface area contributed by atoms with Gasteiger partial charge in [-0.15, -0.1) is 0 Å².